The lowest BCUT2D eigenvalue weighted by molar-refractivity contribution is -0.144. The Kier molecular flexibility index (Phi) is 7.02. The third-order valence-corrected chi connectivity index (χ3v) is 3.46. The van der Waals surface area contributed by atoms with Crippen molar-refractivity contribution in [1.82, 2.24) is 10.2 Å². The van der Waals surface area contributed by atoms with Crippen LogP contribution < -0.4 is 14.8 Å². The fourth-order valence-electron chi connectivity index (χ4n) is 2.02. The first-order valence-electron chi connectivity index (χ1n) is 8.17. The SMILES string of the molecule is CN(C)C(=O)CNC(=O)COC(=O)/C=C/c1ccc2c(c1)OCCCO2. The molecule has 140 valence electrons. The molecule has 0 radical (unpaired) electrons. The Balaban J connectivity index is 1.79. The van der Waals surface area contributed by atoms with Crippen molar-refractivity contribution in [3.8, 4) is 11.5 Å². The summed E-state index contributed by atoms with van der Waals surface area (Å²) in [5.41, 5.74) is 0.743. The molecule has 0 aliphatic carbocycles. The van der Waals surface area contributed by atoms with Gasteiger partial charge in [-0.1, -0.05) is 6.07 Å². The van der Waals surface area contributed by atoms with E-state index in [1.807, 2.05) is 0 Å². The Hall–Kier alpha value is -3.03. The monoisotopic (exact) mass is 362 g/mol. The number of fused-ring (bicyclic) bond motifs is 1. The Morgan fingerprint density at radius 1 is 1.19 bits per heavy atom. The van der Waals surface area contributed by atoms with Gasteiger partial charge in [0.1, 0.15) is 0 Å². The molecule has 0 spiro atoms. The molecule has 0 saturated carbocycles. The minimum absolute atomic E-state index is 0.142. The van der Waals surface area contributed by atoms with Gasteiger partial charge in [0.15, 0.2) is 18.1 Å². The van der Waals surface area contributed by atoms with E-state index in [2.05, 4.69) is 5.32 Å². The summed E-state index contributed by atoms with van der Waals surface area (Å²) in [6.07, 6.45) is 3.59. The minimum atomic E-state index is -0.661. The number of benzene rings is 1. The molecule has 8 nitrogen and oxygen atoms in total. The Bertz CT molecular complexity index is 699. The average molecular weight is 362 g/mol. The molecule has 0 unspecified atom stereocenters. The molecule has 0 fully saturated rings. The van der Waals surface area contributed by atoms with E-state index in [-0.39, 0.29) is 12.5 Å². The predicted molar refractivity (Wildman–Crippen MR) is 93.7 cm³/mol. The summed E-state index contributed by atoms with van der Waals surface area (Å²) in [6, 6.07) is 5.34. The number of carbonyl (C=O) groups is 3. The van der Waals surface area contributed by atoms with Crippen LogP contribution in [-0.2, 0) is 19.1 Å². The zero-order valence-electron chi connectivity index (χ0n) is 14.8. The first-order chi connectivity index (χ1) is 12.5. The highest BCUT2D eigenvalue weighted by Gasteiger charge is 2.11. The van der Waals surface area contributed by atoms with Crippen LogP contribution in [0.2, 0.25) is 0 Å². The maximum Gasteiger partial charge on any atom is 0.331 e. The molecule has 1 N–H and O–H groups in total. The fraction of sp³-hybridized carbons (Fsp3) is 0.389. The van der Waals surface area contributed by atoms with E-state index < -0.39 is 18.5 Å². The van der Waals surface area contributed by atoms with Crippen LogP contribution in [-0.4, -0.2) is 63.1 Å². The molecule has 2 amide bonds. The predicted octanol–water partition coefficient (Wildman–Crippen LogP) is 0.609. The van der Waals surface area contributed by atoms with Crippen molar-refractivity contribution < 1.29 is 28.6 Å². The Labute approximate surface area is 151 Å². The lowest BCUT2D eigenvalue weighted by Crippen LogP contribution is -2.38. The van der Waals surface area contributed by atoms with Gasteiger partial charge in [0.25, 0.3) is 5.91 Å². The van der Waals surface area contributed by atoms with Gasteiger partial charge in [-0.05, 0) is 23.8 Å². The smallest absolute Gasteiger partial charge is 0.331 e. The second-order valence-corrected chi connectivity index (χ2v) is 5.76. The molecule has 1 aromatic rings. The highest BCUT2D eigenvalue weighted by atomic mass is 16.5. The van der Waals surface area contributed by atoms with Crippen LogP contribution in [0.1, 0.15) is 12.0 Å². The number of ether oxygens (including phenoxy) is 3. The molecule has 2 rings (SSSR count). The van der Waals surface area contributed by atoms with Gasteiger partial charge in [-0.2, -0.15) is 0 Å². The second-order valence-electron chi connectivity index (χ2n) is 5.76. The van der Waals surface area contributed by atoms with Crippen LogP contribution in [0.5, 0.6) is 11.5 Å². The molecule has 0 atom stereocenters. The first kappa shape index (κ1) is 19.3. The summed E-state index contributed by atoms with van der Waals surface area (Å²) < 4.78 is 15.9. The maximum atomic E-state index is 11.7. The zero-order chi connectivity index (χ0) is 18.9. The zero-order valence-corrected chi connectivity index (χ0v) is 14.8. The van der Waals surface area contributed by atoms with E-state index in [0.29, 0.717) is 24.7 Å². The van der Waals surface area contributed by atoms with Gasteiger partial charge in [-0.25, -0.2) is 4.79 Å². The summed E-state index contributed by atoms with van der Waals surface area (Å²) in [5.74, 6) is -0.156. The number of esters is 1. The minimum Gasteiger partial charge on any atom is -0.490 e. The van der Waals surface area contributed by atoms with Crippen molar-refractivity contribution in [2.75, 3.05) is 40.5 Å². The van der Waals surface area contributed by atoms with Crippen LogP contribution in [0, 0.1) is 0 Å². The molecule has 1 aliphatic heterocycles. The summed E-state index contributed by atoms with van der Waals surface area (Å²) in [7, 11) is 3.16. The van der Waals surface area contributed by atoms with Crippen LogP contribution in [0.25, 0.3) is 6.08 Å². The van der Waals surface area contributed by atoms with E-state index in [1.54, 1.807) is 38.4 Å². The van der Waals surface area contributed by atoms with E-state index in [1.165, 1.54) is 11.0 Å². The van der Waals surface area contributed by atoms with Gasteiger partial charge in [0, 0.05) is 26.6 Å². The fourth-order valence-corrected chi connectivity index (χ4v) is 2.02. The number of hydrogen-bond donors (Lipinski definition) is 1. The van der Waals surface area contributed by atoms with Crippen LogP contribution in [0.4, 0.5) is 0 Å². The highest BCUT2D eigenvalue weighted by Crippen LogP contribution is 2.30. The van der Waals surface area contributed by atoms with Crippen molar-refractivity contribution >= 4 is 23.9 Å². The van der Waals surface area contributed by atoms with Gasteiger partial charge in [-0.15, -0.1) is 0 Å². The molecule has 0 aromatic heterocycles. The summed E-state index contributed by atoms with van der Waals surface area (Å²) in [4.78, 5) is 35.9. The van der Waals surface area contributed by atoms with E-state index >= 15 is 0 Å². The van der Waals surface area contributed by atoms with Crippen molar-refractivity contribution in [2.45, 2.75) is 6.42 Å². The van der Waals surface area contributed by atoms with Crippen molar-refractivity contribution in [2.24, 2.45) is 0 Å². The van der Waals surface area contributed by atoms with Crippen molar-refractivity contribution in [1.29, 1.82) is 0 Å². The number of nitrogens with one attached hydrogen (secondary N) is 1. The van der Waals surface area contributed by atoms with Crippen molar-refractivity contribution in [3.63, 3.8) is 0 Å². The molecular weight excluding hydrogens is 340 g/mol. The molecule has 26 heavy (non-hydrogen) atoms. The molecule has 1 aliphatic rings. The van der Waals surface area contributed by atoms with Crippen LogP contribution >= 0.6 is 0 Å². The third kappa shape index (κ3) is 6.12. The first-order valence-corrected chi connectivity index (χ1v) is 8.17. The van der Waals surface area contributed by atoms with Crippen molar-refractivity contribution in [3.05, 3.63) is 29.8 Å². The summed E-state index contributed by atoms with van der Waals surface area (Å²) in [5, 5.41) is 2.37. The van der Waals surface area contributed by atoms with Crippen LogP contribution in [0.3, 0.4) is 0 Å². The average Bonchev–Trinajstić information content (AvgIpc) is 2.87. The number of rotatable bonds is 6. The molecule has 0 saturated heterocycles. The number of carbonyl (C=O) groups excluding carboxylic acids is 3. The number of nitrogens with zero attached hydrogens (tertiary/aromatic N) is 1. The third-order valence-electron chi connectivity index (χ3n) is 3.46. The van der Waals surface area contributed by atoms with E-state index in [0.717, 1.165) is 12.0 Å². The largest absolute Gasteiger partial charge is 0.490 e. The molecule has 1 heterocycles. The highest BCUT2D eigenvalue weighted by molar-refractivity contribution is 5.90. The van der Waals surface area contributed by atoms with E-state index in [4.69, 9.17) is 14.2 Å². The van der Waals surface area contributed by atoms with Gasteiger partial charge >= 0.3 is 5.97 Å². The standard InChI is InChI=1S/C18H22N2O6/c1-20(2)17(22)11-19-16(21)12-26-18(23)7-5-13-4-6-14-15(10-13)25-9-3-8-24-14/h4-7,10H,3,8-9,11-12H2,1-2H3,(H,19,21)/b7-5+. The van der Waals surface area contributed by atoms with E-state index in [9.17, 15) is 14.4 Å². The Morgan fingerprint density at radius 2 is 1.92 bits per heavy atom. The topological polar surface area (TPSA) is 94.2 Å². The normalized spacial score (nSPS) is 13.0. The number of hydrogen-bond acceptors (Lipinski definition) is 6. The van der Waals surface area contributed by atoms with Crippen LogP contribution in [0.15, 0.2) is 24.3 Å². The Morgan fingerprint density at radius 3 is 2.65 bits per heavy atom. The van der Waals surface area contributed by atoms with Gasteiger partial charge < -0.3 is 24.4 Å². The lowest BCUT2D eigenvalue weighted by atomic mass is 10.2. The molecule has 8 heteroatoms. The molecule has 0 bridgehead atoms. The maximum absolute atomic E-state index is 11.7. The van der Waals surface area contributed by atoms with Gasteiger partial charge in [0.2, 0.25) is 5.91 Å². The molecule has 1 aromatic carbocycles. The lowest BCUT2D eigenvalue weighted by Gasteiger charge is -2.10. The number of amides is 2. The van der Waals surface area contributed by atoms with Gasteiger partial charge in [0.05, 0.1) is 19.8 Å². The summed E-state index contributed by atoms with van der Waals surface area (Å²) >= 11 is 0. The summed E-state index contributed by atoms with van der Waals surface area (Å²) in [6.45, 7) is 0.589. The number of likely N-dealkylation sites (N-methyl/N-ethyl adjacent to an activating group) is 1. The molecular formula is C18H22N2O6. The van der Waals surface area contributed by atoms with Gasteiger partial charge in [-0.3, -0.25) is 9.59 Å². The second kappa shape index (κ2) is 9.45. The quantitative estimate of drug-likeness (QED) is 0.589.